The SMILES string of the molecule is CSCC(C)Cn1c(C)cc(C(=O)O)c1C. The van der Waals surface area contributed by atoms with Crippen LogP contribution in [0, 0.1) is 19.8 Å². The van der Waals surface area contributed by atoms with Crippen molar-refractivity contribution in [2.45, 2.75) is 27.3 Å². The van der Waals surface area contributed by atoms with Crippen LogP contribution in [0.3, 0.4) is 0 Å². The lowest BCUT2D eigenvalue weighted by atomic mass is 10.2. The molecule has 0 amide bonds. The van der Waals surface area contributed by atoms with Crippen LogP contribution in [0.2, 0.25) is 0 Å². The van der Waals surface area contributed by atoms with E-state index in [1.165, 1.54) is 0 Å². The van der Waals surface area contributed by atoms with Crippen molar-refractivity contribution in [3.63, 3.8) is 0 Å². The average molecular weight is 241 g/mol. The van der Waals surface area contributed by atoms with Crippen LogP contribution in [-0.2, 0) is 6.54 Å². The number of hydrogen-bond acceptors (Lipinski definition) is 2. The van der Waals surface area contributed by atoms with Gasteiger partial charge in [-0.2, -0.15) is 11.8 Å². The smallest absolute Gasteiger partial charge is 0.337 e. The number of carboxylic acid groups (broad SMARTS) is 1. The summed E-state index contributed by atoms with van der Waals surface area (Å²) in [5.74, 6) is 0.817. The average Bonchev–Trinajstić information content (AvgIpc) is 2.46. The first-order valence-electron chi connectivity index (χ1n) is 5.36. The van der Waals surface area contributed by atoms with Crippen LogP contribution in [0.5, 0.6) is 0 Å². The Kier molecular flexibility index (Phi) is 4.47. The largest absolute Gasteiger partial charge is 0.478 e. The molecule has 1 aromatic heterocycles. The molecule has 16 heavy (non-hydrogen) atoms. The monoisotopic (exact) mass is 241 g/mol. The third-order valence-electron chi connectivity index (χ3n) is 2.75. The first kappa shape index (κ1) is 13.2. The van der Waals surface area contributed by atoms with E-state index < -0.39 is 5.97 Å². The predicted molar refractivity (Wildman–Crippen MR) is 68.4 cm³/mol. The highest BCUT2D eigenvalue weighted by atomic mass is 32.2. The number of thioether (sulfide) groups is 1. The lowest BCUT2D eigenvalue weighted by Crippen LogP contribution is -2.12. The second-order valence-corrected chi connectivity index (χ2v) is 5.17. The van der Waals surface area contributed by atoms with Crippen molar-refractivity contribution in [3.8, 4) is 0 Å². The van der Waals surface area contributed by atoms with E-state index >= 15 is 0 Å². The molecular formula is C12H19NO2S. The van der Waals surface area contributed by atoms with E-state index in [0.717, 1.165) is 23.7 Å². The van der Waals surface area contributed by atoms with Gasteiger partial charge in [-0.05, 0) is 37.8 Å². The van der Waals surface area contributed by atoms with E-state index in [1.54, 1.807) is 6.07 Å². The first-order chi connectivity index (χ1) is 7.47. The van der Waals surface area contributed by atoms with Crippen molar-refractivity contribution >= 4 is 17.7 Å². The standard InChI is InChI=1S/C12H19NO2S/c1-8(7-16-4)6-13-9(2)5-11(10(13)3)12(14)15/h5,8H,6-7H2,1-4H3,(H,14,15). The molecule has 90 valence electrons. The zero-order valence-corrected chi connectivity index (χ0v) is 11.1. The summed E-state index contributed by atoms with van der Waals surface area (Å²) < 4.78 is 2.10. The maximum Gasteiger partial charge on any atom is 0.337 e. The summed E-state index contributed by atoms with van der Waals surface area (Å²) in [5, 5.41) is 9.02. The van der Waals surface area contributed by atoms with Crippen molar-refractivity contribution in [1.82, 2.24) is 4.57 Å². The van der Waals surface area contributed by atoms with Crippen LogP contribution in [0.15, 0.2) is 6.07 Å². The Morgan fingerprint density at radius 2 is 2.19 bits per heavy atom. The molecular weight excluding hydrogens is 222 g/mol. The number of carboxylic acids is 1. The molecule has 3 nitrogen and oxygen atoms in total. The zero-order chi connectivity index (χ0) is 12.3. The Morgan fingerprint density at radius 1 is 1.56 bits per heavy atom. The molecule has 0 fully saturated rings. The first-order valence-corrected chi connectivity index (χ1v) is 6.75. The molecule has 0 saturated carbocycles. The number of aromatic carboxylic acids is 1. The van der Waals surface area contributed by atoms with Gasteiger partial charge in [0.2, 0.25) is 0 Å². The van der Waals surface area contributed by atoms with E-state index in [4.69, 9.17) is 5.11 Å². The fourth-order valence-electron chi connectivity index (χ4n) is 1.95. The topological polar surface area (TPSA) is 42.2 Å². The molecule has 0 aromatic carbocycles. The Bertz CT molecular complexity index is 385. The Labute approximate surface area is 101 Å². The Balaban J connectivity index is 2.92. The summed E-state index contributed by atoms with van der Waals surface area (Å²) in [4.78, 5) is 11.0. The third kappa shape index (κ3) is 2.82. The van der Waals surface area contributed by atoms with Crippen LogP contribution in [-0.4, -0.2) is 27.7 Å². The molecule has 0 saturated heterocycles. The highest BCUT2D eigenvalue weighted by Crippen LogP contribution is 2.18. The molecule has 0 bridgehead atoms. The normalized spacial score (nSPS) is 12.8. The minimum atomic E-state index is -0.836. The summed E-state index contributed by atoms with van der Waals surface area (Å²) in [6, 6.07) is 1.75. The fourth-order valence-corrected chi connectivity index (χ4v) is 2.62. The number of nitrogens with zero attached hydrogens (tertiary/aromatic N) is 1. The van der Waals surface area contributed by atoms with E-state index in [2.05, 4.69) is 17.7 Å². The van der Waals surface area contributed by atoms with Gasteiger partial charge in [-0.3, -0.25) is 0 Å². The molecule has 0 aliphatic heterocycles. The van der Waals surface area contributed by atoms with Crippen LogP contribution in [0.25, 0.3) is 0 Å². The molecule has 0 spiro atoms. The van der Waals surface area contributed by atoms with Gasteiger partial charge in [0.25, 0.3) is 0 Å². The number of rotatable bonds is 5. The molecule has 4 heteroatoms. The second kappa shape index (κ2) is 5.43. The van der Waals surface area contributed by atoms with Gasteiger partial charge < -0.3 is 9.67 Å². The van der Waals surface area contributed by atoms with Crippen molar-refractivity contribution in [3.05, 3.63) is 23.0 Å². The number of aryl methyl sites for hydroxylation is 1. The van der Waals surface area contributed by atoms with E-state index in [0.29, 0.717) is 11.5 Å². The maximum atomic E-state index is 11.0. The number of hydrogen-bond donors (Lipinski definition) is 1. The van der Waals surface area contributed by atoms with Gasteiger partial charge in [-0.1, -0.05) is 6.92 Å². The Morgan fingerprint density at radius 3 is 2.62 bits per heavy atom. The third-order valence-corrected chi connectivity index (χ3v) is 3.65. The van der Waals surface area contributed by atoms with Crippen molar-refractivity contribution in [2.24, 2.45) is 5.92 Å². The summed E-state index contributed by atoms with van der Waals surface area (Å²) in [6.07, 6.45) is 2.09. The lowest BCUT2D eigenvalue weighted by Gasteiger charge is -2.15. The second-order valence-electron chi connectivity index (χ2n) is 4.26. The van der Waals surface area contributed by atoms with Crippen LogP contribution in [0.4, 0.5) is 0 Å². The van der Waals surface area contributed by atoms with Gasteiger partial charge in [0.15, 0.2) is 0 Å². The van der Waals surface area contributed by atoms with Gasteiger partial charge in [-0.15, -0.1) is 0 Å². The predicted octanol–water partition coefficient (Wildman–Crippen LogP) is 2.80. The maximum absolute atomic E-state index is 11.0. The Hall–Kier alpha value is -0.900. The molecule has 0 radical (unpaired) electrons. The summed E-state index contributed by atoms with van der Waals surface area (Å²) in [5.41, 5.74) is 2.31. The minimum absolute atomic E-state index is 0.425. The molecule has 1 N–H and O–H groups in total. The van der Waals surface area contributed by atoms with Gasteiger partial charge >= 0.3 is 5.97 Å². The molecule has 1 heterocycles. The van der Waals surface area contributed by atoms with E-state index in [1.807, 2.05) is 25.6 Å². The molecule has 0 aliphatic rings. The van der Waals surface area contributed by atoms with Gasteiger partial charge in [0.1, 0.15) is 0 Å². The molecule has 1 atom stereocenters. The minimum Gasteiger partial charge on any atom is -0.478 e. The van der Waals surface area contributed by atoms with Crippen molar-refractivity contribution < 1.29 is 9.90 Å². The summed E-state index contributed by atoms with van der Waals surface area (Å²) in [6.45, 7) is 6.93. The molecule has 1 aromatic rings. The summed E-state index contributed by atoms with van der Waals surface area (Å²) >= 11 is 1.82. The van der Waals surface area contributed by atoms with Crippen molar-refractivity contribution in [2.75, 3.05) is 12.0 Å². The number of aromatic nitrogens is 1. The van der Waals surface area contributed by atoms with Crippen LogP contribution >= 0.6 is 11.8 Å². The lowest BCUT2D eigenvalue weighted by molar-refractivity contribution is 0.0696. The van der Waals surface area contributed by atoms with Crippen LogP contribution < -0.4 is 0 Å². The molecule has 1 unspecified atom stereocenters. The van der Waals surface area contributed by atoms with Crippen molar-refractivity contribution in [1.29, 1.82) is 0 Å². The molecule has 1 rings (SSSR count). The highest BCUT2D eigenvalue weighted by molar-refractivity contribution is 7.98. The van der Waals surface area contributed by atoms with Gasteiger partial charge in [-0.25, -0.2) is 4.79 Å². The molecule has 0 aliphatic carbocycles. The van der Waals surface area contributed by atoms with Crippen LogP contribution in [0.1, 0.15) is 28.7 Å². The van der Waals surface area contributed by atoms with Gasteiger partial charge in [0.05, 0.1) is 5.56 Å². The zero-order valence-electron chi connectivity index (χ0n) is 10.3. The highest BCUT2D eigenvalue weighted by Gasteiger charge is 2.15. The fraction of sp³-hybridized carbons (Fsp3) is 0.583. The van der Waals surface area contributed by atoms with E-state index in [-0.39, 0.29) is 0 Å². The number of carbonyl (C=O) groups is 1. The quantitative estimate of drug-likeness (QED) is 0.862. The summed E-state index contributed by atoms with van der Waals surface area (Å²) in [7, 11) is 0. The van der Waals surface area contributed by atoms with E-state index in [9.17, 15) is 4.79 Å². The van der Waals surface area contributed by atoms with Gasteiger partial charge in [0, 0.05) is 17.9 Å².